The van der Waals surface area contributed by atoms with Gasteiger partial charge < -0.3 is 10.5 Å². The molecule has 0 saturated carbocycles. The number of nitrogens with two attached hydrogens (primary N) is 1. The third-order valence-corrected chi connectivity index (χ3v) is 3.00. The number of ether oxygens (including phenoxy) is 1. The summed E-state index contributed by atoms with van der Waals surface area (Å²) in [6.07, 6.45) is 0. The minimum Gasteiger partial charge on any atom is -0.465 e. The number of aromatic nitrogens is 1. The number of carbonyl (C=O) groups is 1. The lowest BCUT2D eigenvalue weighted by Gasteiger charge is -2.00. The predicted octanol–water partition coefficient (Wildman–Crippen LogP) is 2.32. The van der Waals surface area contributed by atoms with Gasteiger partial charge >= 0.3 is 5.97 Å². The van der Waals surface area contributed by atoms with E-state index in [-0.39, 0.29) is 10.9 Å². The van der Waals surface area contributed by atoms with Crippen LogP contribution in [0.25, 0.3) is 11.3 Å². The van der Waals surface area contributed by atoms with Crippen LogP contribution in [-0.2, 0) is 4.74 Å². The summed E-state index contributed by atoms with van der Waals surface area (Å²) in [5.74, 6) is -0.852. The lowest BCUT2D eigenvalue weighted by Crippen LogP contribution is -2.00. The van der Waals surface area contributed by atoms with Crippen molar-refractivity contribution in [1.82, 2.24) is 4.98 Å². The highest BCUT2D eigenvalue weighted by molar-refractivity contribution is 7.17. The molecule has 2 aromatic rings. The minimum absolute atomic E-state index is 0.268. The van der Waals surface area contributed by atoms with Gasteiger partial charge in [-0.05, 0) is 24.3 Å². The Morgan fingerprint density at radius 1 is 1.41 bits per heavy atom. The Labute approximate surface area is 101 Å². The van der Waals surface area contributed by atoms with Crippen LogP contribution in [0.2, 0.25) is 0 Å². The van der Waals surface area contributed by atoms with Gasteiger partial charge in [0.1, 0.15) is 10.7 Å². The van der Waals surface area contributed by atoms with E-state index in [0.29, 0.717) is 16.1 Å². The number of nitrogen functional groups attached to an aromatic ring is 1. The first-order valence-electron chi connectivity index (χ1n) is 4.72. The monoisotopic (exact) mass is 252 g/mol. The zero-order chi connectivity index (χ0) is 12.4. The molecule has 1 aromatic carbocycles. The molecule has 0 aliphatic heterocycles. The summed E-state index contributed by atoms with van der Waals surface area (Å²) in [5, 5.41) is 0.268. The maximum absolute atomic E-state index is 12.8. The number of esters is 1. The standard InChI is InChI=1S/C11H9FN2O2S/c1-16-10(15)9-8(14-11(13)17-9)6-2-4-7(12)5-3-6/h2-5H,1H3,(H2,13,14). The molecule has 2 N–H and O–H groups in total. The maximum atomic E-state index is 12.8. The molecule has 6 heteroatoms. The summed E-state index contributed by atoms with van der Waals surface area (Å²) < 4.78 is 17.4. The van der Waals surface area contributed by atoms with Gasteiger partial charge in [-0.15, -0.1) is 0 Å². The summed E-state index contributed by atoms with van der Waals surface area (Å²) in [4.78, 5) is 15.9. The molecule has 17 heavy (non-hydrogen) atoms. The van der Waals surface area contributed by atoms with Crippen molar-refractivity contribution in [2.24, 2.45) is 0 Å². The number of nitrogens with zero attached hydrogens (tertiary/aromatic N) is 1. The lowest BCUT2D eigenvalue weighted by molar-refractivity contribution is 0.0607. The van der Waals surface area contributed by atoms with Crippen LogP contribution in [0, 0.1) is 5.82 Å². The number of benzene rings is 1. The molecule has 88 valence electrons. The largest absolute Gasteiger partial charge is 0.465 e. The van der Waals surface area contributed by atoms with E-state index in [4.69, 9.17) is 5.73 Å². The van der Waals surface area contributed by atoms with Crippen LogP contribution in [0.1, 0.15) is 9.67 Å². The number of thiazole rings is 1. The number of carbonyl (C=O) groups excluding carboxylic acids is 1. The first-order chi connectivity index (χ1) is 8.11. The highest BCUT2D eigenvalue weighted by atomic mass is 32.1. The SMILES string of the molecule is COC(=O)c1sc(N)nc1-c1ccc(F)cc1. The fourth-order valence-corrected chi connectivity index (χ4v) is 2.14. The van der Waals surface area contributed by atoms with Gasteiger partial charge in [0.25, 0.3) is 0 Å². The minimum atomic E-state index is -0.501. The quantitative estimate of drug-likeness (QED) is 0.833. The van der Waals surface area contributed by atoms with Crippen molar-refractivity contribution in [2.75, 3.05) is 12.8 Å². The van der Waals surface area contributed by atoms with Crippen LogP contribution in [-0.4, -0.2) is 18.1 Å². The molecule has 0 aliphatic rings. The smallest absolute Gasteiger partial charge is 0.350 e. The summed E-state index contributed by atoms with van der Waals surface area (Å²) in [7, 11) is 1.28. The number of anilines is 1. The first-order valence-corrected chi connectivity index (χ1v) is 5.54. The number of hydrogen-bond donors (Lipinski definition) is 1. The van der Waals surface area contributed by atoms with E-state index in [9.17, 15) is 9.18 Å². The number of methoxy groups -OCH3 is 1. The van der Waals surface area contributed by atoms with Crippen molar-refractivity contribution < 1.29 is 13.9 Å². The molecule has 1 heterocycles. The Morgan fingerprint density at radius 3 is 2.65 bits per heavy atom. The van der Waals surface area contributed by atoms with Gasteiger partial charge in [0.2, 0.25) is 0 Å². The average molecular weight is 252 g/mol. The molecule has 0 aliphatic carbocycles. The predicted molar refractivity (Wildman–Crippen MR) is 63.3 cm³/mol. The first kappa shape index (κ1) is 11.5. The molecule has 0 amide bonds. The van der Waals surface area contributed by atoms with E-state index in [1.807, 2.05) is 0 Å². The third-order valence-electron chi connectivity index (χ3n) is 2.13. The molecule has 4 nitrogen and oxygen atoms in total. The molecule has 0 fully saturated rings. The second-order valence-corrected chi connectivity index (χ2v) is 4.26. The Kier molecular flexibility index (Phi) is 3.06. The lowest BCUT2D eigenvalue weighted by atomic mass is 10.1. The zero-order valence-corrected chi connectivity index (χ0v) is 9.75. The van der Waals surface area contributed by atoms with E-state index >= 15 is 0 Å². The zero-order valence-electron chi connectivity index (χ0n) is 8.94. The van der Waals surface area contributed by atoms with Gasteiger partial charge in [0, 0.05) is 5.56 Å². The Hall–Kier alpha value is -1.95. The van der Waals surface area contributed by atoms with Crippen LogP contribution in [0.15, 0.2) is 24.3 Å². The van der Waals surface area contributed by atoms with E-state index in [0.717, 1.165) is 11.3 Å². The topological polar surface area (TPSA) is 65.2 Å². The fraction of sp³-hybridized carbons (Fsp3) is 0.0909. The van der Waals surface area contributed by atoms with E-state index in [1.54, 1.807) is 0 Å². The van der Waals surface area contributed by atoms with Crippen molar-refractivity contribution in [1.29, 1.82) is 0 Å². The van der Waals surface area contributed by atoms with E-state index in [2.05, 4.69) is 9.72 Å². The summed E-state index contributed by atoms with van der Waals surface area (Å²) in [6, 6.07) is 5.67. The van der Waals surface area contributed by atoms with Crippen LogP contribution in [0.3, 0.4) is 0 Å². The number of halogens is 1. The van der Waals surface area contributed by atoms with Crippen LogP contribution in [0.5, 0.6) is 0 Å². The van der Waals surface area contributed by atoms with Gasteiger partial charge in [-0.25, -0.2) is 14.2 Å². The molecular formula is C11H9FN2O2S. The highest BCUT2D eigenvalue weighted by Crippen LogP contribution is 2.30. The summed E-state index contributed by atoms with van der Waals surface area (Å²) in [6.45, 7) is 0. The van der Waals surface area contributed by atoms with E-state index in [1.165, 1.54) is 31.4 Å². The number of rotatable bonds is 2. The van der Waals surface area contributed by atoms with E-state index < -0.39 is 5.97 Å². The third kappa shape index (κ3) is 2.26. The molecular weight excluding hydrogens is 243 g/mol. The normalized spacial score (nSPS) is 10.2. The second-order valence-electron chi connectivity index (χ2n) is 3.23. The molecule has 1 aromatic heterocycles. The Morgan fingerprint density at radius 2 is 2.06 bits per heavy atom. The molecule has 0 bridgehead atoms. The number of hydrogen-bond acceptors (Lipinski definition) is 5. The molecule has 0 spiro atoms. The molecule has 2 rings (SSSR count). The maximum Gasteiger partial charge on any atom is 0.350 e. The van der Waals surface area contributed by atoms with Crippen molar-refractivity contribution in [3.63, 3.8) is 0 Å². The van der Waals surface area contributed by atoms with Gasteiger partial charge in [-0.1, -0.05) is 11.3 Å². The Bertz CT molecular complexity index is 551. The van der Waals surface area contributed by atoms with Crippen LogP contribution in [0.4, 0.5) is 9.52 Å². The van der Waals surface area contributed by atoms with Gasteiger partial charge in [0.15, 0.2) is 5.13 Å². The van der Waals surface area contributed by atoms with Gasteiger partial charge in [-0.2, -0.15) is 0 Å². The molecule has 0 radical (unpaired) electrons. The second kappa shape index (κ2) is 4.50. The van der Waals surface area contributed by atoms with Crippen molar-refractivity contribution in [3.05, 3.63) is 35.0 Å². The van der Waals surface area contributed by atoms with Crippen LogP contribution < -0.4 is 5.73 Å². The van der Waals surface area contributed by atoms with Gasteiger partial charge in [-0.3, -0.25) is 0 Å². The summed E-state index contributed by atoms with van der Waals surface area (Å²) in [5.41, 5.74) is 6.61. The Balaban J connectivity index is 2.51. The highest BCUT2D eigenvalue weighted by Gasteiger charge is 2.18. The van der Waals surface area contributed by atoms with Crippen molar-refractivity contribution in [3.8, 4) is 11.3 Å². The van der Waals surface area contributed by atoms with Gasteiger partial charge in [0.05, 0.1) is 12.8 Å². The summed E-state index contributed by atoms with van der Waals surface area (Å²) >= 11 is 1.04. The molecule has 0 saturated heterocycles. The molecule has 0 atom stereocenters. The fourth-order valence-electron chi connectivity index (χ4n) is 1.37. The van der Waals surface area contributed by atoms with Crippen molar-refractivity contribution >= 4 is 22.4 Å². The molecule has 0 unspecified atom stereocenters. The average Bonchev–Trinajstić information content (AvgIpc) is 2.71. The van der Waals surface area contributed by atoms with Crippen molar-refractivity contribution in [2.45, 2.75) is 0 Å². The van der Waals surface area contributed by atoms with Crippen LogP contribution >= 0.6 is 11.3 Å².